The van der Waals surface area contributed by atoms with Crippen LogP contribution in [0.4, 0.5) is 8.78 Å². The molecule has 3 heterocycles. The van der Waals surface area contributed by atoms with Gasteiger partial charge in [-0.1, -0.05) is 18.2 Å². The Morgan fingerprint density at radius 1 is 1.34 bits per heavy atom. The lowest BCUT2D eigenvalue weighted by molar-refractivity contribution is -0.0556. The summed E-state index contributed by atoms with van der Waals surface area (Å²) in [5.74, 6) is -3.79. The lowest BCUT2D eigenvalue weighted by Crippen LogP contribution is -2.32. The number of carbonyl (C=O) groups excluding carboxylic acids is 1. The number of ether oxygens (including phenoxy) is 1. The molecule has 1 aromatic carbocycles. The monoisotopic (exact) mass is 445 g/mol. The highest BCUT2D eigenvalue weighted by Gasteiger charge is 2.31. The molecule has 1 fully saturated rings. The molecule has 1 aliphatic heterocycles. The zero-order valence-corrected chi connectivity index (χ0v) is 17.6. The van der Waals surface area contributed by atoms with Crippen molar-refractivity contribution >= 4 is 16.8 Å². The van der Waals surface area contributed by atoms with Gasteiger partial charge in [-0.15, -0.1) is 0 Å². The fourth-order valence-electron chi connectivity index (χ4n) is 4.06. The van der Waals surface area contributed by atoms with Crippen LogP contribution in [-0.4, -0.2) is 40.4 Å². The van der Waals surface area contributed by atoms with Crippen LogP contribution in [0.5, 0.6) is 0 Å². The number of aliphatic hydroxyl groups is 1. The van der Waals surface area contributed by atoms with Gasteiger partial charge in [0.05, 0.1) is 22.5 Å². The summed E-state index contributed by atoms with van der Waals surface area (Å²) in [5.41, 5.74) is 0.725. The van der Waals surface area contributed by atoms with Crippen molar-refractivity contribution < 1.29 is 23.4 Å². The van der Waals surface area contributed by atoms with E-state index in [0.717, 1.165) is 0 Å². The third-order valence-electron chi connectivity index (χ3n) is 5.93. The van der Waals surface area contributed by atoms with Crippen molar-refractivity contribution in [3.63, 3.8) is 0 Å². The number of aromatic amines is 1. The molecule has 1 saturated heterocycles. The smallest absolute Gasteiger partial charge is 0.295 e. The Morgan fingerprint density at radius 2 is 2.09 bits per heavy atom. The van der Waals surface area contributed by atoms with Gasteiger partial charge >= 0.3 is 0 Å². The molecule has 3 N–H and O–H groups in total. The van der Waals surface area contributed by atoms with Gasteiger partial charge in [-0.25, -0.2) is 0 Å². The van der Waals surface area contributed by atoms with Gasteiger partial charge in [0.2, 0.25) is 0 Å². The Morgan fingerprint density at radius 3 is 2.81 bits per heavy atom. The standard InChI is InChI=1S/C23H25F2N3O4/c1-14(15-3-2-4-16(11-15)23(24,25)13-29)27-21(30)19-12-28(17-6-9-32-10-7-17)22(31)18-5-8-26-20(18)19/h2-5,8,11-12,14,17,26,29H,6-7,9-10,13H2,1H3,(H,27,30). The second kappa shape index (κ2) is 8.84. The second-order valence-corrected chi connectivity index (χ2v) is 8.05. The zero-order valence-electron chi connectivity index (χ0n) is 17.6. The van der Waals surface area contributed by atoms with E-state index in [2.05, 4.69) is 10.3 Å². The Bertz CT molecular complexity index is 1180. The number of pyridine rings is 1. The van der Waals surface area contributed by atoms with Gasteiger partial charge in [0, 0.05) is 37.2 Å². The first-order valence-electron chi connectivity index (χ1n) is 10.5. The highest BCUT2D eigenvalue weighted by molar-refractivity contribution is 6.05. The van der Waals surface area contributed by atoms with Crippen LogP contribution in [0.3, 0.4) is 0 Å². The molecule has 32 heavy (non-hydrogen) atoms. The number of halogens is 2. The first-order valence-corrected chi connectivity index (χ1v) is 10.5. The van der Waals surface area contributed by atoms with E-state index in [1.165, 1.54) is 18.2 Å². The van der Waals surface area contributed by atoms with Crippen molar-refractivity contribution in [2.75, 3.05) is 19.8 Å². The molecule has 0 saturated carbocycles. The Hall–Kier alpha value is -3.04. The largest absolute Gasteiger partial charge is 0.390 e. The Balaban J connectivity index is 1.64. The van der Waals surface area contributed by atoms with Crippen LogP contribution in [0.2, 0.25) is 0 Å². The van der Waals surface area contributed by atoms with E-state index >= 15 is 0 Å². The molecule has 1 amide bonds. The first kappa shape index (κ1) is 22.2. The summed E-state index contributed by atoms with van der Waals surface area (Å²) in [6.07, 6.45) is 4.54. The van der Waals surface area contributed by atoms with Gasteiger partial charge in [-0.05, 0) is 37.5 Å². The molecule has 4 rings (SSSR count). The van der Waals surface area contributed by atoms with E-state index in [9.17, 15) is 18.4 Å². The predicted octanol–water partition coefficient (Wildman–Crippen LogP) is 3.26. The number of H-pyrrole nitrogens is 1. The summed E-state index contributed by atoms with van der Waals surface area (Å²) in [5, 5.41) is 12.2. The Labute approximate surface area is 183 Å². The number of nitrogens with zero attached hydrogens (tertiary/aromatic N) is 1. The number of fused-ring (bicyclic) bond motifs is 1. The first-order chi connectivity index (χ1) is 15.3. The van der Waals surface area contributed by atoms with Crippen LogP contribution in [0.1, 0.15) is 53.3 Å². The summed E-state index contributed by atoms with van der Waals surface area (Å²) in [6.45, 7) is 1.50. The third kappa shape index (κ3) is 4.18. The van der Waals surface area contributed by atoms with Crippen molar-refractivity contribution in [2.24, 2.45) is 0 Å². The van der Waals surface area contributed by atoms with Crippen LogP contribution < -0.4 is 10.9 Å². The molecule has 3 aromatic rings. The van der Waals surface area contributed by atoms with Gasteiger partial charge in [0.1, 0.15) is 6.61 Å². The van der Waals surface area contributed by atoms with E-state index in [-0.39, 0.29) is 17.2 Å². The normalized spacial score (nSPS) is 16.2. The number of benzene rings is 1. The molecule has 1 aliphatic rings. The Kier molecular flexibility index (Phi) is 6.12. The summed E-state index contributed by atoms with van der Waals surface area (Å²) >= 11 is 0. The van der Waals surface area contributed by atoms with Gasteiger partial charge in [0.15, 0.2) is 0 Å². The van der Waals surface area contributed by atoms with Gasteiger partial charge in [-0.2, -0.15) is 8.78 Å². The average Bonchev–Trinajstić information content (AvgIpc) is 3.30. The van der Waals surface area contributed by atoms with Crippen molar-refractivity contribution in [3.05, 3.63) is 69.8 Å². The van der Waals surface area contributed by atoms with Gasteiger partial charge in [0.25, 0.3) is 17.4 Å². The zero-order chi connectivity index (χ0) is 22.9. The predicted molar refractivity (Wildman–Crippen MR) is 115 cm³/mol. The molecule has 0 radical (unpaired) electrons. The van der Waals surface area contributed by atoms with Crippen LogP contribution in [0, 0.1) is 0 Å². The number of aliphatic hydroxyl groups excluding tert-OH is 1. The maximum Gasteiger partial charge on any atom is 0.295 e. The highest BCUT2D eigenvalue weighted by atomic mass is 19.3. The summed E-state index contributed by atoms with van der Waals surface area (Å²) in [7, 11) is 0. The van der Waals surface area contributed by atoms with E-state index in [1.807, 2.05) is 0 Å². The molecule has 0 aliphatic carbocycles. The third-order valence-corrected chi connectivity index (χ3v) is 5.93. The van der Waals surface area contributed by atoms with Crippen LogP contribution >= 0.6 is 0 Å². The summed E-state index contributed by atoms with van der Waals surface area (Å²) in [6, 6.07) is 6.62. The SMILES string of the molecule is CC(NC(=O)c1cn(C2CCOCC2)c(=O)c2cc[nH]c12)c1cccc(C(F)(F)CO)c1. The molecule has 170 valence electrons. The average molecular weight is 445 g/mol. The van der Waals surface area contributed by atoms with Gasteiger partial charge < -0.3 is 24.7 Å². The van der Waals surface area contributed by atoms with Crippen LogP contribution in [0.25, 0.3) is 10.9 Å². The molecule has 1 unspecified atom stereocenters. The van der Waals surface area contributed by atoms with Crippen molar-refractivity contribution in [2.45, 2.75) is 37.8 Å². The van der Waals surface area contributed by atoms with E-state index in [1.54, 1.807) is 36.0 Å². The highest BCUT2D eigenvalue weighted by Crippen LogP contribution is 2.29. The minimum Gasteiger partial charge on any atom is -0.390 e. The maximum absolute atomic E-state index is 13.9. The fraction of sp³-hybridized carbons (Fsp3) is 0.391. The van der Waals surface area contributed by atoms with Crippen molar-refractivity contribution in [1.82, 2.24) is 14.9 Å². The number of hydrogen-bond donors (Lipinski definition) is 3. The number of carbonyl (C=O) groups is 1. The lowest BCUT2D eigenvalue weighted by atomic mass is 10.0. The summed E-state index contributed by atoms with van der Waals surface area (Å²) in [4.78, 5) is 29.1. The van der Waals surface area contributed by atoms with Crippen LogP contribution in [-0.2, 0) is 10.7 Å². The number of rotatable bonds is 6. The number of amides is 1. The van der Waals surface area contributed by atoms with E-state index in [4.69, 9.17) is 9.84 Å². The maximum atomic E-state index is 13.9. The number of nitrogens with one attached hydrogen (secondary N) is 2. The number of aromatic nitrogens is 2. The minimum absolute atomic E-state index is 0.0584. The fourth-order valence-corrected chi connectivity index (χ4v) is 4.06. The van der Waals surface area contributed by atoms with Gasteiger partial charge in [-0.3, -0.25) is 9.59 Å². The summed E-state index contributed by atoms with van der Waals surface area (Å²) < 4.78 is 34.7. The molecule has 0 spiro atoms. The number of alkyl halides is 2. The molecular formula is C23H25F2N3O4. The molecular weight excluding hydrogens is 420 g/mol. The second-order valence-electron chi connectivity index (χ2n) is 8.05. The lowest BCUT2D eigenvalue weighted by Gasteiger charge is -2.25. The topological polar surface area (TPSA) is 96.4 Å². The van der Waals surface area contributed by atoms with Crippen molar-refractivity contribution in [3.8, 4) is 0 Å². The van der Waals surface area contributed by atoms with E-state index < -0.39 is 24.5 Å². The number of hydrogen-bond acceptors (Lipinski definition) is 4. The quantitative estimate of drug-likeness (QED) is 0.543. The molecule has 1 atom stereocenters. The van der Waals surface area contributed by atoms with E-state index in [0.29, 0.717) is 48.1 Å². The molecule has 0 bridgehead atoms. The minimum atomic E-state index is -3.37. The molecule has 2 aromatic heterocycles. The molecule has 9 heteroatoms. The van der Waals surface area contributed by atoms with Crippen LogP contribution in [0.15, 0.2) is 47.5 Å². The van der Waals surface area contributed by atoms with Crippen molar-refractivity contribution in [1.29, 1.82) is 0 Å². The molecule has 7 nitrogen and oxygen atoms in total.